The molecule has 2 N–H and O–H groups in total. The normalized spacial score (nSPS) is 19.9. The molecule has 0 spiro atoms. The molecule has 1 fully saturated rings. The van der Waals surface area contributed by atoms with E-state index < -0.39 is 18.3 Å². The SMILES string of the molecule is CC1(C)OB(C(=Cc2ccc3c(=O)cc[nH]c3c2)CO)OC1(C)C. The summed E-state index contributed by atoms with van der Waals surface area (Å²) in [7, 11) is -0.592. The average molecular weight is 327 g/mol. The lowest BCUT2D eigenvalue weighted by Gasteiger charge is -2.32. The molecule has 2 aromatic rings. The fraction of sp³-hybridized carbons (Fsp3) is 0.389. The molecule has 0 saturated carbocycles. The van der Waals surface area contributed by atoms with Gasteiger partial charge in [0.05, 0.1) is 17.8 Å². The third kappa shape index (κ3) is 2.93. The van der Waals surface area contributed by atoms with Crippen molar-refractivity contribution >= 4 is 24.1 Å². The molecule has 1 aliphatic heterocycles. The first-order chi connectivity index (χ1) is 11.2. The fourth-order valence-electron chi connectivity index (χ4n) is 2.68. The number of pyridine rings is 1. The first-order valence-electron chi connectivity index (χ1n) is 8.02. The number of aromatic amines is 1. The van der Waals surface area contributed by atoms with Crippen LogP contribution in [0.15, 0.2) is 40.7 Å². The minimum absolute atomic E-state index is 0.0207. The van der Waals surface area contributed by atoms with E-state index in [1.807, 2.05) is 45.9 Å². The van der Waals surface area contributed by atoms with Crippen molar-refractivity contribution in [2.24, 2.45) is 0 Å². The highest BCUT2D eigenvalue weighted by atomic mass is 16.7. The second-order valence-corrected chi connectivity index (χ2v) is 7.11. The number of H-pyrrole nitrogens is 1. The number of hydrogen-bond donors (Lipinski definition) is 2. The van der Waals surface area contributed by atoms with E-state index in [2.05, 4.69) is 4.98 Å². The third-order valence-corrected chi connectivity index (χ3v) is 4.87. The molecule has 1 aromatic carbocycles. The molecule has 0 aliphatic carbocycles. The maximum atomic E-state index is 11.8. The van der Waals surface area contributed by atoms with Crippen molar-refractivity contribution in [3.05, 3.63) is 51.7 Å². The van der Waals surface area contributed by atoms with Crippen LogP contribution in [0.5, 0.6) is 0 Å². The summed E-state index contributed by atoms with van der Waals surface area (Å²) in [4.78, 5) is 14.9. The number of aliphatic hydroxyl groups is 1. The largest absolute Gasteiger partial charge is 0.492 e. The number of hydrogen-bond acceptors (Lipinski definition) is 4. The molecule has 126 valence electrons. The molecule has 5 nitrogen and oxygen atoms in total. The molecule has 0 atom stereocenters. The van der Waals surface area contributed by atoms with Gasteiger partial charge in [-0.05, 0) is 50.9 Å². The van der Waals surface area contributed by atoms with Gasteiger partial charge in [0.2, 0.25) is 0 Å². The van der Waals surface area contributed by atoms with Gasteiger partial charge in [0.15, 0.2) is 5.43 Å². The Bertz CT molecular complexity index is 837. The molecule has 3 rings (SSSR count). The predicted molar refractivity (Wildman–Crippen MR) is 95.7 cm³/mol. The zero-order chi connectivity index (χ0) is 17.5. The number of aliphatic hydroxyl groups excluding tert-OH is 1. The van der Waals surface area contributed by atoms with Crippen molar-refractivity contribution in [1.29, 1.82) is 0 Å². The van der Waals surface area contributed by atoms with Crippen molar-refractivity contribution in [3.8, 4) is 0 Å². The van der Waals surface area contributed by atoms with Gasteiger partial charge < -0.3 is 19.4 Å². The Morgan fingerprint density at radius 3 is 2.50 bits per heavy atom. The molecular formula is C18H22BNO4. The van der Waals surface area contributed by atoms with E-state index in [9.17, 15) is 9.90 Å². The highest BCUT2D eigenvalue weighted by Crippen LogP contribution is 2.38. The minimum atomic E-state index is -0.592. The van der Waals surface area contributed by atoms with Crippen LogP contribution in [-0.4, -0.2) is 35.0 Å². The Kier molecular flexibility index (Phi) is 4.15. The first kappa shape index (κ1) is 17.0. The summed E-state index contributed by atoms with van der Waals surface area (Å²) in [6.45, 7) is 7.73. The number of benzene rings is 1. The van der Waals surface area contributed by atoms with Crippen LogP contribution in [0.4, 0.5) is 0 Å². The quantitative estimate of drug-likeness (QED) is 0.850. The standard InChI is InChI=1S/C18H22BNO4/c1-17(2)18(3,4)24-19(23-17)13(11-21)9-12-5-6-14-15(10-12)20-8-7-16(14)22/h5-10,21H,11H2,1-4H3,(H,20,22). The van der Waals surface area contributed by atoms with Crippen molar-refractivity contribution in [2.45, 2.75) is 38.9 Å². The maximum absolute atomic E-state index is 11.8. The molecule has 24 heavy (non-hydrogen) atoms. The van der Waals surface area contributed by atoms with Gasteiger partial charge in [-0.15, -0.1) is 0 Å². The van der Waals surface area contributed by atoms with E-state index in [1.54, 1.807) is 12.3 Å². The topological polar surface area (TPSA) is 71.6 Å². The highest BCUT2D eigenvalue weighted by molar-refractivity contribution is 6.55. The van der Waals surface area contributed by atoms with Gasteiger partial charge in [-0.25, -0.2) is 0 Å². The Balaban J connectivity index is 1.96. The van der Waals surface area contributed by atoms with E-state index in [4.69, 9.17) is 9.31 Å². The molecule has 1 aromatic heterocycles. The summed E-state index contributed by atoms with van der Waals surface area (Å²) in [6.07, 6.45) is 3.46. The summed E-state index contributed by atoms with van der Waals surface area (Å²) < 4.78 is 12.0. The van der Waals surface area contributed by atoms with Gasteiger partial charge in [-0.1, -0.05) is 12.1 Å². The van der Waals surface area contributed by atoms with Gasteiger partial charge in [-0.3, -0.25) is 4.79 Å². The molecule has 0 amide bonds. The third-order valence-electron chi connectivity index (χ3n) is 4.87. The molecule has 1 saturated heterocycles. The minimum Gasteiger partial charge on any atom is -0.400 e. The average Bonchev–Trinajstić information content (AvgIpc) is 2.73. The lowest BCUT2D eigenvalue weighted by Crippen LogP contribution is -2.41. The van der Waals surface area contributed by atoms with Crippen LogP contribution >= 0.6 is 0 Å². The van der Waals surface area contributed by atoms with E-state index in [-0.39, 0.29) is 12.0 Å². The molecule has 2 heterocycles. The van der Waals surface area contributed by atoms with Gasteiger partial charge in [0, 0.05) is 23.2 Å². The van der Waals surface area contributed by atoms with Crippen LogP contribution in [0.25, 0.3) is 17.0 Å². The number of fused-ring (bicyclic) bond motifs is 1. The van der Waals surface area contributed by atoms with Crippen molar-refractivity contribution < 1.29 is 14.4 Å². The smallest absolute Gasteiger partial charge is 0.400 e. The summed E-state index contributed by atoms with van der Waals surface area (Å²) in [6, 6.07) is 7.00. The molecule has 1 aliphatic rings. The molecular weight excluding hydrogens is 305 g/mol. The highest BCUT2D eigenvalue weighted by Gasteiger charge is 2.52. The van der Waals surface area contributed by atoms with Crippen molar-refractivity contribution in [2.75, 3.05) is 6.61 Å². The van der Waals surface area contributed by atoms with Crippen LogP contribution in [0.1, 0.15) is 33.3 Å². The number of rotatable bonds is 3. The van der Waals surface area contributed by atoms with E-state index in [0.29, 0.717) is 10.9 Å². The van der Waals surface area contributed by atoms with E-state index in [1.165, 1.54) is 6.07 Å². The van der Waals surface area contributed by atoms with Crippen LogP contribution < -0.4 is 5.43 Å². The van der Waals surface area contributed by atoms with Crippen molar-refractivity contribution in [3.63, 3.8) is 0 Å². The van der Waals surface area contributed by atoms with Crippen LogP contribution in [0.3, 0.4) is 0 Å². The molecule has 0 radical (unpaired) electrons. The zero-order valence-corrected chi connectivity index (χ0v) is 14.4. The van der Waals surface area contributed by atoms with Gasteiger partial charge in [-0.2, -0.15) is 0 Å². The molecule has 0 unspecified atom stereocenters. The lowest BCUT2D eigenvalue weighted by molar-refractivity contribution is 0.00578. The Labute approximate surface area is 141 Å². The summed E-state index contributed by atoms with van der Waals surface area (Å²) in [5.41, 5.74) is 1.32. The maximum Gasteiger partial charge on any atom is 0.492 e. The van der Waals surface area contributed by atoms with Gasteiger partial charge >= 0.3 is 7.12 Å². The second kappa shape index (κ2) is 5.88. The molecule has 6 heteroatoms. The summed E-state index contributed by atoms with van der Waals surface area (Å²) in [5.74, 6) is 0. The first-order valence-corrected chi connectivity index (χ1v) is 8.02. The van der Waals surface area contributed by atoms with E-state index in [0.717, 1.165) is 11.1 Å². The number of nitrogens with one attached hydrogen (secondary N) is 1. The van der Waals surface area contributed by atoms with Gasteiger partial charge in [0.1, 0.15) is 0 Å². The van der Waals surface area contributed by atoms with Crippen LogP contribution in [-0.2, 0) is 9.31 Å². The summed E-state index contributed by atoms with van der Waals surface area (Å²) in [5, 5.41) is 10.4. The Morgan fingerprint density at radius 1 is 1.21 bits per heavy atom. The van der Waals surface area contributed by atoms with Gasteiger partial charge in [0.25, 0.3) is 0 Å². The number of aromatic nitrogens is 1. The van der Waals surface area contributed by atoms with Crippen LogP contribution in [0, 0.1) is 0 Å². The van der Waals surface area contributed by atoms with Crippen LogP contribution in [0.2, 0.25) is 0 Å². The molecule has 0 bridgehead atoms. The fourth-order valence-corrected chi connectivity index (χ4v) is 2.68. The predicted octanol–water partition coefficient (Wildman–Crippen LogP) is 2.54. The zero-order valence-electron chi connectivity index (χ0n) is 14.4. The Hall–Kier alpha value is -1.89. The Morgan fingerprint density at radius 2 is 1.88 bits per heavy atom. The van der Waals surface area contributed by atoms with E-state index >= 15 is 0 Å². The van der Waals surface area contributed by atoms with Crippen molar-refractivity contribution in [1.82, 2.24) is 4.98 Å². The monoisotopic (exact) mass is 327 g/mol. The lowest BCUT2D eigenvalue weighted by atomic mass is 9.77. The second-order valence-electron chi connectivity index (χ2n) is 7.11. The summed E-state index contributed by atoms with van der Waals surface area (Å²) >= 11 is 0.